The van der Waals surface area contributed by atoms with E-state index in [-0.39, 0.29) is 30.2 Å². The molecule has 1 aliphatic rings. The van der Waals surface area contributed by atoms with Crippen LogP contribution in [-0.2, 0) is 9.59 Å². The first kappa shape index (κ1) is 14.8. The van der Waals surface area contributed by atoms with E-state index in [0.29, 0.717) is 6.42 Å². The lowest BCUT2D eigenvalue weighted by atomic mass is 10.1. The van der Waals surface area contributed by atoms with Crippen LogP contribution >= 0.6 is 0 Å². The molecule has 1 aliphatic carbocycles. The molecule has 2 rings (SSSR count). The van der Waals surface area contributed by atoms with Crippen molar-refractivity contribution in [3.63, 3.8) is 0 Å². The predicted octanol–water partition coefficient (Wildman–Crippen LogP) is 0.497. The Labute approximate surface area is 121 Å². The Bertz CT molecular complexity index is 564. The minimum Gasteiger partial charge on any atom is -0.481 e. The van der Waals surface area contributed by atoms with Crippen LogP contribution in [0, 0.1) is 5.92 Å². The minimum atomic E-state index is -0.909. The summed E-state index contributed by atoms with van der Waals surface area (Å²) in [6.07, 6.45) is 4.93. The molecule has 7 heteroatoms. The molecule has 2 amide bonds. The number of carbonyl (C=O) groups excluding carboxylic acids is 2. The Morgan fingerprint density at radius 1 is 1.43 bits per heavy atom. The Morgan fingerprint density at radius 2 is 2.19 bits per heavy atom. The highest BCUT2D eigenvalue weighted by Crippen LogP contribution is 2.17. The van der Waals surface area contributed by atoms with Crippen LogP contribution in [0.2, 0.25) is 0 Å². The molecule has 0 aliphatic heterocycles. The van der Waals surface area contributed by atoms with E-state index in [0.717, 1.165) is 0 Å². The third-order valence-electron chi connectivity index (χ3n) is 3.21. The molecule has 0 saturated carbocycles. The average molecular weight is 292 g/mol. The van der Waals surface area contributed by atoms with Crippen molar-refractivity contribution in [2.75, 3.05) is 13.6 Å². The molecule has 7 nitrogen and oxygen atoms in total. The molecule has 0 saturated heterocycles. The van der Waals surface area contributed by atoms with Gasteiger partial charge in [-0.3, -0.25) is 14.4 Å². The van der Waals surface area contributed by atoms with Crippen molar-refractivity contribution in [2.24, 2.45) is 5.92 Å². The van der Waals surface area contributed by atoms with E-state index in [2.05, 4.69) is 5.32 Å². The number of hydrogen-bond acceptors (Lipinski definition) is 4. The van der Waals surface area contributed by atoms with E-state index >= 15 is 0 Å². The van der Waals surface area contributed by atoms with Crippen LogP contribution in [0.15, 0.2) is 35.0 Å². The number of carboxylic acids is 1. The van der Waals surface area contributed by atoms with Gasteiger partial charge in [-0.2, -0.15) is 0 Å². The lowest BCUT2D eigenvalue weighted by molar-refractivity contribution is -0.140. The zero-order valence-corrected chi connectivity index (χ0v) is 11.5. The van der Waals surface area contributed by atoms with E-state index in [9.17, 15) is 14.4 Å². The topological polar surface area (TPSA) is 99.9 Å². The molecule has 2 unspecified atom stereocenters. The number of rotatable bonds is 5. The molecule has 21 heavy (non-hydrogen) atoms. The first-order valence-electron chi connectivity index (χ1n) is 6.47. The summed E-state index contributed by atoms with van der Waals surface area (Å²) >= 11 is 0. The number of amides is 2. The summed E-state index contributed by atoms with van der Waals surface area (Å²) in [6, 6.07) is 2.80. The zero-order chi connectivity index (χ0) is 15.4. The van der Waals surface area contributed by atoms with Crippen molar-refractivity contribution < 1.29 is 23.9 Å². The van der Waals surface area contributed by atoms with Gasteiger partial charge in [-0.05, 0) is 18.6 Å². The van der Waals surface area contributed by atoms with Gasteiger partial charge in [0.05, 0.1) is 18.7 Å². The second-order valence-electron chi connectivity index (χ2n) is 4.88. The Balaban J connectivity index is 1.81. The molecule has 0 bridgehead atoms. The molecular formula is C14H16N2O5. The first-order chi connectivity index (χ1) is 9.97. The molecule has 1 aromatic heterocycles. The van der Waals surface area contributed by atoms with Crippen molar-refractivity contribution in [1.82, 2.24) is 10.2 Å². The van der Waals surface area contributed by atoms with Crippen LogP contribution in [0.5, 0.6) is 0 Å². The number of furan rings is 1. The molecule has 0 aromatic carbocycles. The van der Waals surface area contributed by atoms with Gasteiger partial charge in [0.1, 0.15) is 0 Å². The van der Waals surface area contributed by atoms with Crippen LogP contribution < -0.4 is 5.32 Å². The second kappa shape index (κ2) is 6.25. The highest BCUT2D eigenvalue weighted by molar-refractivity contribution is 5.94. The Kier molecular flexibility index (Phi) is 4.42. The van der Waals surface area contributed by atoms with Gasteiger partial charge in [-0.1, -0.05) is 12.2 Å². The number of likely N-dealkylation sites (N-methyl/N-ethyl adjacent to an activating group) is 1. The smallest absolute Gasteiger partial charge is 0.310 e. The average Bonchev–Trinajstić information content (AvgIpc) is 3.08. The van der Waals surface area contributed by atoms with E-state index in [4.69, 9.17) is 9.52 Å². The summed E-state index contributed by atoms with van der Waals surface area (Å²) in [4.78, 5) is 35.8. The summed E-state index contributed by atoms with van der Waals surface area (Å²) < 4.78 is 4.97. The fraction of sp³-hybridized carbons (Fsp3) is 0.357. The normalized spacial score (nSPS) is 20.2. The fourth-order valence-corrected chi connectivity index (χ4v) is 2.12. The van der Waals surface area contributed by atoms with Gasteiger partial charge in [-0.25, -0.2) is 0 Å². The van der Waals surface area contributed by atoms with E-state index < -0.39 is 11.9 Å². The van der Waals surface area contributed by atoms with Crippen LogP contribution in [0.3, 0.4) is 0 Å². The zero-order valence-electron chi connectivity index (χ0n) is 11.5. The number of aliphatic carboxylic acids is 1. The fourth-order valence-electron chi connectivity index (χ4n) is 2.12. The second-order valence-corrected chi connectivity index (χ2v) is 4.88. The van der Waals surface area contributed by atoms with Crippen molar-refractivity contribution in [3.8, 4) is 0 Å². The molecule has 0 fully saturated rings. The van der Waals surface area contributed by atoms with Gasteiger partial charge in [0.25, 0.3) is 5.91 Å². The minimum absolute atomic E-state index is 0.123. The molecule has 112 valence electrons. The third kappa shape index (κ3) is 3.71. The van der Waals surface area contributed by atoms with Gasteiger partial charge < -0.3 is 19.7 Å². The van der Waals surface area contributed by atoms with Crippen LogP contribution in [0.1, 0.15) is 17.0 Å². The molecule has 1 heterocycles. The third-order valence-corrected chi connectivity index (χ3v) is 3.21. The van der Waals surface area contributed by atoms with Gasteiger partial charge in [-0.15, -0.1) is 0 Å². The number of carboxylic acid groups (broad SMARTS) is 1. The van der Waals surface area contributed by atoms with Gasteiger partial charge in [0.15, 0.2) is 5.76 Å². The molecule has 1 aromatic rings. The molecule has 0 radical (unpaired) electrons. The highest BCUT2D eigenvalue weighted by Gasteiger charge is 2.26. The quantitative estimate of drug-likeness (QED) is 0.770. The maximum absolute atomic E-state index is 11.9. The summed E-state index contributed by atoms with van der Waals surface area (Å²) in [7, 11) is 1.50. The highest BCUT2D eigenvalue weighted by atomic mass is 16.4. The van der Waals surface area contributed by atoms with Crippen LogP contribution in [-0.4, -0.2) is 47.4 Å². The predicted molar refractivity (Wildman–Crippen MR) is 72.5 cm³/mol. The maximum Gasteiger partial charge on any atom is 0.310 e. The van der Waals surface area contributed by atoms with Crippen LogP contribution in [0.25, 0.3) is 0 Å². The molecule has 0 spiro atoms. The van der Waals surface area contributed by atoms with Gasteiger partial charge >= 0.3 is 5.97 Å². The lowest BCUT2D eigenvalue weighted by Crippen LogP contribution is -2.42. The first-order valence-corrected chi connectivity index (χ1v) is 6.47. The van der Waals surface area contributed by atoms with Crippen LogP contribution in [0.4, 0.5) is 0 Å². The lowest BCUT2D eigenvalue weighted by Gasteiger charge is -2.17. The standard InChI is InChI=1S/C14H16N2O5/c1-16(13(18)11-3-2-6-21-11)8-12(17)15-10-5-4-9(7-10)14(19)20/h2-6,9-10H,7-8H2,1H3,(H,15,17)(H,19,20). The number of hydrogen-bond donors (Lipinski definition) is 2. The van der Waals surface area contributed by atoms with Crippen molar-refractivity contribution in [3.05, 3.63) is 36.3 Å². The summed E-state index contributed by atoms with van der Waals surface area (Å²) in [5.74, 6) is -2.05. The molecule has 2 N–H and O–H groups in total. The largest absolute Gasteiger partial charge is 0.481 e. The van der Waals surface area contributed by atoms with Gasteiger partial charge in [0.2, 0.25) is 5.91 Å². The van der Waals surface area contributed by atoms with E-state index in [1.54, 1.807) is 18.2 Å². The van der Waals surface area contributed by atoms with Crippen molar-refractivity contribution in [1.29, 1.82) is 0 Å². The number of carbonyl (C=O) groups is 3. The summed E-state index contributed by atoms with van der Waals surface area (Å²) in [5.41, 5.74) is 0. The molecule has 2 atom stereocenters. The number of nitrogens with one attached hydrogen (secondary N) is 1. The van der Waals surface area contributed by atoms with Crippen molar-refractivity contribution in [2.45, 2.75) is 12.5 Å². The SMILES string of the molecule is CN(CC(=O)NC1C=CC(C(=O)O)C1)C(=O)c1ccco1. The van der Waals surface area contributed by atoms with Crippen molar-refractivity contribution >= 4 is 17.8 Å². The van der Waals surface area contributed by atoms with E-state index in [1.165, 1.54) is 24.3 Å². The monoisotopic (exact) mass is 292 g/mol. The molecular weight excluding hydrogens is 276 g/mol. The summed E-state index contributed by atoms with van der Waals surface area (Å²) in [5, 5.41) is 11.5. The van der Waals surface area contributed by atoms with Gasteiger partial charge in [0, 0.05) is 13.1 Å². The maximum atomic E-state index is 11.9. The Morgan fingerprint density at radius 3 is 2.76 bits per heavy atom. The number of nitrogens with zero attached hydrogens (tertiary/aromatic N) is 1. The van der Waals surface area contributed by atoms with E-state index in [1.807, 2.05) is 0 Å². The summed E-state index contributed by atoms with van der Waals surface area (Å²) in [6.45, 7) is -0.123. The Hall–Kier alpha value is -2.57.